The van der Waals surface area contributed by atoms with Crippen LogP contribution in [0.4, 0.5) is 0 Å². The molecule has 0 saturated heterocycles. The Kier molecular flexibility index (Phi) is 5.60. The van der Waals surface area contributed by atoms with Crippen LogP contribution in [0, 0.1) is 0 Å². The quantitative estimate of drug-likeness (QED) is 0.617. The number of amides is 3. The number of nitrogens with zero attached hydrogens (tertiary/aromatic N) is 3. The lowest BCUT2D eigenvalue weighted by molar-refractivity contribution is -0.132. The van der Waals surface area contributed by atoms with Crippen molar-refractivity contribution >= 4 is 29.1 Å². The number of aromatic nitrogens is 2. The Morgan fingerprint density at radius 2 is 1.90 bits per heavy atom. The summed E-state index contributed by atoms with van der Waals surface area (Å²) in [6, 6.07) is 14.9. The number of carbonyl (C=O) groups is 3. The van der Waals surface area contributed by atoms with E-state index in [9.17, 15) is 14.4 Å². The van der Waals surface area contributed by atoms with E-state index in [-0.39, 0.29) is 35.7 Å². The van der Waals surface area contributed by atoms with Crippen molar-refractivity contribution in [1.29, 1.82) is 0 Å². The van der Waals surface area contributed by atoms with Crippen LogP contribution >= 0.6 is 11.3 Å². The predicted molar refractivity (Wildman–Crippen MR) is 117 cm³/mol. The maximum Gasteiger partial charge on any atom is 0.272 e. The number of benzene rings is 1. The highest BCUT2D eigenvalue weighted by atomic mass is 32.1. The van der Waals surface area contributed by atoms with Gasteiger partial charge in [0.1, 0.15) is 11.2 Å². The molecule has 9 heteroatoms. The van der Waals surface area contributed by atoms with E-state index in [1.165, 1.54) is 15.6 Å². The fraction of sp³-hybridized carbons (Fsp3) is 0.273. The third-order valence-corrected chi connectivity index (χ3v) is 6.40. The summed E-state index contributed by atoms with van der Waals surface area (Å²) in [6.45, 7) is 2.61. The minimum absolute atomic E-state index is 0.155. The highest BCUT2D eigenvalue weighted by molar-refractivity contribution is 7.09. The average Bonchev–Trinajstić information content (AvgIpc) is 3.45. The predicted octanol–water partition coefficient (Wildman–Crippen LogP) is 2.04. The average molecular weight is 438 g/mol. The van der Waals surface area contributed by atoms with Gasteiger partial charge in [0.2, 0.25) is 5.91 Å². The largest absolute Gasteiger partial charge is 0.350 e. The van der Waals surface area contributed by atoms with Gasteiger partial charge in [-0.25, -0.2) is 0 Å². The van der Waals surface area contributed by atoms with Gasteiger partial charge in [-0.2, -0.15) is 5.10 Å². The standard InChI is InChI=1S/C22H23N5O3S/c1-22(21(30)24-12-15-7-4-3-5-8-15)14-27-18(20(29)26(22)2)11-17(25-27)19(28)23-13-16-9-6-10-31-16/h3-11H,12-14H2,1-2H3,(H,23,28)(H,24,30)/t22-/m1/s1. The number of hydrogen-bond acceptors (Lipinski definition) is 5. The third-order valence-electron chi connectivity index (χ3n) is 5.52. The number of rotatable bonds is 6. The molecule has 4 rings (SSSR count). The maximum atomic E-state index is 13.0. The molecule has 2 aromatic heterocycles. The number of fused-ring (bicyclic) bond motifs is 1. The van der Waals surface area contributed by atoms with Crippen molar-refractivity contribution in [3.05, 3.63) is 75.7 Å². The van der Waals surface area contributed by atoms with Crippen LogP contribution in [0.2, 0.25) is 0 Å². The summed E-state index contributed by atoms with van der Waals surface area (Å²) in [6.07, 6.45) is 0. The lowest BCUT2D eigenvalue weighted by Gasteiger charge is -2.40. The first-order chi connectivity index (χ1) is 14.9. The van der Waals surface area contributed by atoms with Gasteiger partial charge < -0.3 is 15.5 Å². The molecule has 1 aromatic carbocycles. The smallest absolute Gasteiger partial charge is 0.272 e. The van der Waals surface area contributed by atoms with Crippen molar-refractivity contribution in [2.45, 2.75) is 32.1 Å². The van der Waals surface area contributed by atoms with E-state index in [1.54, 1.807) is 25.3 Å². The van der Waals surface area contributed by atoms with Gasteiger partial charge in [0.15, 0.2) is 5.69 Å². The number of nitrogens with one attached hydrogen (secondary N) is 2. The Bertz CT molecular complexity index is 1110. The highest BCUT2D eigenvalue weighted by Crippen LogP contribution is 2.26. The van der Waals surface area contributed by atoms with Crippen molar-refractivity contribution in [1.82, 2.24) is 25.3 Å². The van der Waals surface area contributed by atoms with Crippen LogP contribution in [0.15, 0.2) is 53.9 Å². The van der Waals surface area contributed by atoms with Crippen molar-refractivity contribution in [2.75, 3.05) is 7.05 Å². The van der Waals surface area contributed by atoms with Crippen LogP contribution in [0.3, 0.4) is 0 Å². The Labute approximate surface area is 183 Å². The second-order valence-corrected chi connectivity index (χ2v) is 8.67. The van der Waals surface area contributed by atoms with Crippen LogP contribution in [-0.4, -0.2) is 45.0 Å². The molecule has 0 unspecified atom stereocenters. The van der Waals surface area contributed by atoms with Crippen LogP contribution in [0.5, 0.6) is 0 Å². The van der Waals surface area contributed by atoms with Gasteiger partial charge in [0.25, 0.3) is 11.8 Å². The van der Waals surface area contributed by atoms with E-state index in [4.69, 9.17) is 0 Å². The zero-order chi connectivity index (χ0) is 22.0. The molecule has 0 spiro atoms. The maximum absolute atomic E-state index is 13.0. The summed E-state index contributed by atoms with van der Waals surface area (Å²) in [4.78, 5) is 40.9. The van der Waals surface area contributed by atoms with Gasteiger partial charge in [0.05, 0.1) is 13.1 Å². The zero-order valence-electron chi connectivity index (χ0n) is 17.3. The van der Waals surface area contributed by atoms with Crippen molar-refractivity contribution in [3.63, 3.8) is 0 Å². The molecular formula is C22H23N5O3S. The van der Waals surface area contributed by atoms with Gasteiger partial charge in [-0.3, -0.25) is 19.1 Å². The van der Waals surface area contributed by atoms with Gasteiger partial charge in [-0.15, -0.1) is 11.3 Å². The molecule has 0 fully saturated rings. The molecule has 0 aliphatic carbocycles. The van der Waals surface area contributed by atoms with Gasteiger partial charge in [-0.1, -0.05) is 36.4 Å². The summed E-state index contributed by atoms with van der Waals surface area (Å²) < 4.78 is 1.45. The third kappa shape index (κ3) is 4.09. The van der Waals surface area contributed by atoms with E-state index in [0.29, 0.717) is 13.1 Å². The first-order valence-electron chi connectivity index (χ1n) is 9.87. The summed E-state index contributed by atoms with van der Waals surface area (Å²) in [5.74, 6) is -0.994. The fourth-order valence-electron chi connectivity index (χ4n) is 3.48. The van der Waals surface area contributed by atoms with Crippen molar-refractivity contribution in [2.24, 2.45) is 0 Å². The normalized spacial score (nSPS) is 17.9. The molecule has 8 nitrogen and oxygen atoms in total. The summed E-state index contributed by atoms with van der Waals surface area (Å²) in [5, 5.41) is 12.0. The van der Waals surface area contributed by atoms with Crippen LogP contribution in [0.25, 0.3) is 0 Å². The summed E-state index contributed by atoms with van der Waals surface area (Å²) in [5.41, 5.74) is 0.281. The van der Waals surface area contributed by atoms with E-state index < -0.39 is 5.54 Å². The molecule has 1 atom stereocenters. The summed E-state index contributed by atoms with van der Waals surface area (Å²) >= 11 is 1.55. The molecule has 1 aliphatic heterocycles. The Morgan fingerprint density at radius 3 is 2.61 bits per heavy atom. The number of carbonyl (C=O) groups excluding carboxylic acids is 3. The highest BCUT2D eigenvalue weighted by Gasteiger charge is 2.46. The molecular weight excluding hydrogens is 414 g/mol. The van der Waals surface area contributed by atoms with Gasteiger partial charge >= 0.3 is 0 Å². The number of hydrogen-bond donors (Lipinski definition) is 2. The minimum Gasteiger partial charge on any atom is -0.350 e. The zero-order valence-corrected chi connectivity index (χ0v) is 18.1. The molecule has 1 aliphatic rings. The van der Waals surface area contributed by atoms with E-state index in [2.05, 4.69) is 15.7 Å². The monoisotopic (exact) mass is 437 g/mol. The van der Waals surface area contributed by atoms with Crippen LogP contribution < -0.4 is 10.6 Å². The lowest BCUT2D eigenvalue weighted by Crippen LogP contribution is -2.62. The number of likely N-dealkylation sites (N-methyl/N-ethyl adjacent to an activating group) is 1. The molecule has 160 valence electrons. The fourth-order valence-corrected chi connectivity index (χ4v) is 4.12. The molecule has 2 N–H and O–H groups in total. The molecule has 31 heavy (non-hydrogen) atoms. The number of thiophene rings is 1. The second kappa shape index (κ2) is 8.35. The van der Waals surface area contributed by atoms with Gasteiger partial charge in [0, 0.05) is 24.5 Å². The van der Waals surface area contributed by atoms with E-state index >= 15 is 0 Å². The molecule has 3 heterocycles. The Hall–Kier alpha value is -3.46. The molecule has 0 bridgehead atoms. The van der Waals surface area contributed by atoms with Crippen molar-refractivity contribution < 1.29 is 14.4 Å². The van der Waals surface area contributed by atoms with Crippen LogP contribution in [-0.2, 0) is 24.4 Å². The Balaban J connectivity index is 1.48. The van der Waals surface area contributed by atoms with E-state index in [0.717, 1.165) is 10.4 Å². The Morgan fingerprint density at radius 1 is 1.13 bits per heavy atom. The summed E-state index contributed by atoms with van der Waals surface area (Å²) in [7, 11) is 1.59. The van der Waals surface area contributed by atoms with Crippen LogP contribution in [0.1, 0.15) is 38.3 Å². The SMILES string of the molecule is CN1C(=O)c2cc(C(=O)NCc3cccs3)nn2C[C@]1(C)C(=O)NCc1ccccc1. The van der Waals surface area contributed by atoms with E-state index in [1.807, 2.05) is 47.8 Å². The first kappa shape index (κ1) is 20.8. The molecule has 3 aromatic rings. The second-order valence-electron chi connectivity index (χ2n) is 7.64. The molecule has 0 saturated carbocycles. The van der Waals surface area contributed by atoms with Gasteiger partial charge in [-0.05, 0) is 23.9 Å². The molecule has 3 amide bonds. The minimum atomic E-state index is -1.13. The lowest BCUT2D eigenvalue weighted by atomic mass is 9.96. The first-order valence-corrected chi connectivity index (χ1v) is 10.8. The van der Waals surface area contributed by atoms with Crippen molar-refractivity contribution in [3.8, 4) is 0 Å². The topological polar surface area (TPSA) is 96.3 Å². The molecule has 0 radical (unpaired) electrons.